The van der Waals surface area contributed by atoms with Crippen molar-refractivity contribution < 1.29 is 9.18 Å². The topological polar surface area (TPSA) is 46.9 Å². The van der Waals surface area contributed by atoms with Gasteiger partial charge in [-0.3, -0.25) is 4.79 Å². The summed E-state index contributed by atoms with van der Waals surface area (Å²) in [5.74, 6) is 0.156. The molecule has 0 saturated heterocycles. The van der Waals surface area contributed by atoms with Crippen LogP contribution in [0, 0.1) is 12.7 Å². The lowest BCUT2D eigenvalue weighted by Crippen LogP contribution is -2.24. The Morgan fingerprint density at radius 3 is 2.61 bits per heavy atom. The molecule has 28 heavy (non-hydrogen) atoms. The third kappa shape index (κ3) is 3.78. The molecule has 140 valence electrons. The Bertz CT molecular complexity index is 1130. The molecule has 3 aromatic carbocycles. The molecular weight excluding hydrogens is 353 g/mol. The van der Waals surface area contributed by atoms with Gasteiger partial charge in [0.15, 0.2) is 0 Å². The molecule has 0 radical (unpaired) electrons. The number of fused-ring (bicyclic) bond motifs is 1. The molecule has 0 aliphatic carbocycles. The summed E-state index contributed by atoms with van der Waals surface area (Å²) in [6.07, 6.45) is 0. The lowest BCUT2D eigenvalue weighted by atomic mass is 10.1. The van der Waals surface area contributed by atoms with Crippen LogP contribution in [-0.2, 0) is 13.1 Å². The fraction of sp³-hybridized carbons (Fsp3) is 0.130. The summed E-state index contributed by atoms with van der Waals surface area (Å²) in [4.78, 5) is 17.1. The maximum Gasteiger partial charge on any atom is 0.251 e. The Morgan fingerprint density at radius 1 is 1.04 bits per heavy atom. The second kappa shape index (κ2) is 7.64. The molecule has 0 aliphatic rings. The Hall–Kier alpha value is -3.47. The SMILES string of the molecule is Cc1cccc(Cn2c(CNC(=O)c3ccc(F)cc3)nc3ccccc32)c1. The summed E-state index contributed by atoms with van der Waals surface area (Å²) in [5.41, 5.74) is 4.71. The third-order valence-electron chi connectivity index (χ3n) is 4.67. The van der Waals surface area contributed by atoms with Crippen LogP contribution in [0.3, 0.4) is 0 Å². The Morgan fingerprint density at radius 2 is 1.82 bits per heavy atom. The van der Waals surface area contributed by atoms with Crippen molar-refractivity contribution >= 4 is 16.9 Å². The molecule has 1 N–H and O–H groups in total. The number of benzene rings is 3. The first-order valence-electron chi connectivity index (χ1n) is 9.13. The van der Waals surface area contributed by atoms with Gasteiger partial charge in [0.25, 0.3) is 5.91 Å². The van der Waals surface area contributed by atoms with Gasteiger partial charge in [-0.25, -0.2) is 9.37 Å². The van der Waals surface area contributed by atoms with E-state index in [1.807, 2.05) is 30.3 Å². The van der Waals surface area contributed by atoms with E-state index >= 15 is 0 Å². The number of aryl methyl sites for hydroxylation is 1. The largest absolute Gasteiger partial charge is 0.345 e. The molecule has 0 unspecified atom stereocenters. The first kappa shape index (κ1) is 17.9. The van der Waals surface area contributed by atoms with E-state index in [-0.39, 0.29) is 18.3 Å². The van der Waals surface area contributed by atoms with Crippen LogP contribution in [0.4, 0.5) is 4.39 Å². The third-order valence-corrected chi connectivity index (χ3v) is 4.67. The van der Waals surface area contributed by atoms with Gasteiger partial charge in [-0.1, -0.05) is 42.0 Å². The number of imidazole rings is 1. The van der Waals surface area contributed by atoms with Crippen molar-refractivity contribution in [3.8, 4) is 0 Å². The summed E-state index contributed by atoms with van der Waals surface area (Å²) in [6.45, 7) is 3.03. The van der Waals surface area contributed by atoms with E-state index in [1.165, 1.54) is 35.4 Å². The van der Waals surface area contributed by atoms with E-state index in [1.54, 1.807) is 0 Å². The number of hydrogen-bond donors (Lipinski definition) is 1. The van der Waals surface area contributed by atoms with Crippen molar-refractivity contribution in [2.24, 2.45) is 0 Å². The van der Waals surface area contributed by atoms with Gasteiger partial charge in [0.05, 0.1) is 17.6 Å². The lowest BCUT2D eigenvalue weighted by molar-refractivity contribution is 0.0949. The second-order valence-electron chi connectivity index (χ2n) is 6.78. The van der Waals surface area contributed by atoms with E-state index in [0.717, 1.165) is 16.9 Å². The number of hydrogen-bond acceptors (Lipinski definition) is 2. The van der Waals surface area contributed by atoms with Crippen molar-refractivity contribution in [2.45, 2.75) is 20.0 Å². The maximum absolute atomic E-state index is 13.1. The number of carbonyl (C=O) groups excluding carboxylic acids is 1. The van der Waals surface area contributed by atoms with Crippen LogP contribution in [0.1, 0.15) is 27.3 Å². The first-order valence-corrected chi connectivity index (χ1v) is 9.13. The molecule has 0 atom stereocenters. The predicted octanol–water partition coefficient (Wildman–Crippen LogP) is 4.46. The zero-order valence-electron chi connectivity index (χ0n) is 15.5. The minimum Gasteiger partial charge on any atom is -0.345 e. The molecule has 5 heteroatoms. The Balaban J connectivity index is 1.61. The molecule has 0 aliphatic heterocycles. The molecule has 1 amide bonds. The summed E-state index contributed by atoms with van der Waals surface area (Å²) in [5, 5.41) is 2.89. The molecule has 1 aromatic heterocycles. The molecule has 4 nitrogen and oxygen atoms in total. The van der Waals surface area contributed by atoms with Crippen molar-refractivity contribution in [3.05, 3.63) is 101 Å². The molecule has 4 rings (SSSR count). The highest BCUT2D eigenvalue weighted by Gasteiger charge is 2.13. The molecule has 0 fully saturated rings. The average molecular weight is 373 g/mol. The minimum absolute atomic E-state index is 0.255. The normalized spacial score (nSPS) is 10.9. The van der Waals surface area contributed by atoms with Gasteiger partial charge < -0.3 is 9.88 Å². The number of rotatable bonds is 5. The monoisotopic (exact) mass is 373 g/mol. The van der Waals surface area contributed by atoms with Crippen LogP contribution < -0.4 is 5.32 Å². The predicted molar refractivity (Wildman–Crippen MR) is 108 cm³/mol. The van der Waals surface area contributed by atoms with E-state index < -0.39 is 0 Å². The number of amides is 1. The summed E-state index contributed by atoms with van der Waals surface area (Å²) >= 11 is 0. The highest BCUT2D eigenvalue weighted by Crippen LogP contribution is 2.18. The van der Waals surface area contributed by atoms with E-state index in [4.69, 9.17) is 4.98 Å². The Labute approximate surface area is 162 Å². The number of halogens is 1. The summed E-state index contributed by atoms with van der Waals surface area (Å²) in [6, 6.07) is 21.8. The fourth-order valence-electron chi connectivity index (χ4n) is 3.29. The van der Waals surface area contributed by atoms with Crippen molar-refractivity contribution in [3.63, 3.8) is 0 Å². The summed E-state index contributed by atoms with van der Waals surface area (Å²) in [7, 11) is 0. The van der Waals surface area contributed by atoms with Crippen LogP contribution in [-0.4, -0.2) is 15.5 Å². The van der Waals surface area contributed by atoms with Gasteiger partial charge in [0.1, 0.15) is 11.6 Å². The van der Waals surface area contributed by atoms with Crippen molar-refractivity contribution in [2.75, 3.05) is 0 Å². The standard InChI is InChI=1S/C23H20FN3O/c1-16-5-4-6-17(13-16)15-27-21-8-3-2-7-20(21)26-22(27)14-25-23(28)18-9-11-19(24)12-10-18/h2-13H,14-15H2,1H3,(H,25,28). The molecule has 0 saturated carbocycles. The van der Waals surface area contributed by atoms with Crippen molar-refractivity contribution in [1.82, 2.24) is 14.9 Å². The maximum atomic E-state index is 13.1. The highest BCUT2D eigenvalue weighted by atomic mass is 19.1. The van der Waals surface area contributed by atoms with E-state index in [0.29, 0.717) is 12.1 Å². The summed E-state index contributed by atoms with van der Waals surface area (Å²) < 4.78 is 15.2. The second-order valence-corrected chi connectivity index (χ2v) is 6.78. The zero-order valence-corrected chi connectivity index (χ0v) is 15.5. The minimum atomic E-state index is -0.364. The smallest absolute Gasteiger partial charge is 0.251 e. The number of nitrogens with zero attached hydrogens (tertiary/aromatic N) is 2. The van der Waals surface area contributed by atoms with Crippen LogP contribution in [0.5, 0.6) is 0 Å². The quantitative estimate of drug-likeness (QED) is 0.561. The van der Waals surface area contributed by atoms with Crippen LogP contribution in [0.15, 0.2) is 72.8 Å². The lowest BCUT2D eigenvalue weighted by Gasteiger charge is -2.11. The number of nitrogens with one attached hydrogen (secondary N) is 1. The van der Waals surface area contributed by atoms with E-state index in [2.05, 4.69) is 35.0 Å². The van der Waals surface area contributed by atoms with Crippen molar-refractivity contribution in [1.29, 1.82) is 0 Å². The number of aromatic nitrogens is 2. The average Bonchev–Trinajstić information content (AvgIpc) is 3.04. The molecule has 0 spiro atoms. The first-order chi connectivity index (χ1) is 13.6. The molecule has 4 aromatic rings. The van der Waals surface area contributed by atoms with Gasteiger partial charge in [-0.15, -0.1) is 0 Å². The van der Waals surface area contributed by atoms with Crippen LogP contribution in [0.25, 0.3) is 11.0 Å². The van der Waals surface area contributed by atoms with Gasteiger partial charge in [-0.2, -0.15) is 0 Å². The fourth-order valence-corrected chi connectivity index (χ4v) is 3.29. The van der Waals surface area contributed by atoms with Crippen LogP contribution >= 0.6 is 0 Å². The van der Waals surface area contributed by atoms with Crippen LogP contribution in [0.2, 0.25) is 0 Å². The molecule has 0 bridgehead atoms. The molecular formula is C23H20FN3O. The number of para-hydroxylation sites is 2. The number of carbonyl (C=O) groups is 1. The zero-order chi connectivity index (χ0) is 19.5. The highest BCUT2D eigenvalue weighted by molar-refractivity contribution is 5.94. The Kier molecular flexibility index (Phi) is 4.89. The van der Waals surface area contributed by atoms with Gasteiger partial charge in [0, 0.05) is 12.1 Å². The van der Waals surface area contributed by atoms with Gasteiger partial charge >= 0.3 is 0 Å². The van der Waals surface area contributed by atoms with Gasteiger partial charge in [-0.05, 0) is 48.9 Å². The molecule has 1 heterocycles. The van der Waals surface area contributed by atoms with Gasteiger partial charge in [0.2, 0.25) is 0 Å². The van der Waals surface area contributed by atoms with E-state index in [9.17, 15) is 9.18 Å².